The Morgan fingerprint density at radius 2 is 2.10 bits per heavy atom. The van der Waals surface area contributed by atoms with Crippen LogP contribution in [0.15, 0.2) is 17.5 Å². The number of carbonyl (C=O) groups excluding carboxylic acids is 1. The Labute approximate surface area is 126 Å². The first-order chi connectivity index (χ1) is 9.93. The Hall–Kier alpha value is -2.09. The minimum absolute atomic E-state index is 0.146. The summed E-state index contributed by atoms with van der Waals surface area (Å²) in [6, 6.07) is 2.05. The van der Waals surface area contributed by atoms with E-state index in [-0.39, 0.29) is 12.8 Å². The Morgan fingerprint density at radius 3 is 2.57 bits per heavy atom. The first kappa shape index (κ1) is 17.0. The van der Waals surface area contributed by atoms with Crippen LogP contribution in [-0.4, -0.2) is 45.7 Å². The summed E-state index contributed by atoms with van der Waals surface area (Å²) in [5, 5.41) is 21.9. The van der Waals surface area contributed by atoms with Gasteiger partial charge in [-0.05, 0) is 24.8 Å². The summed E-state index contributed by atoms with van der Waals surface area (Å²) in [7, 11) is 0. The fourth-order valence-corrected chi connectivity index (χ4v) is 2.40. The van der Waals surface area contributed by atoms with Gasteiger partial charge in [-0.25, -0.2) is 9.59 Å². The summed E-state index contributed by atoms with van der Waals surface area (Å²) in [5.74, 6) is -2.33. The maximum atomic E-state index is 12.1. The van der Waals surface area contributed by atoms with Crippen molar-refractivity contribution in [1.82, 2.24) is 10.2 Å². The first-order valence-electron chi connectivity index (χ1n) is 6.46. The van der Waals surface area contributed by atoms with Crippen molar-refractivity contribution in [2.75, 3.05) is 6.54 Å². The van der Waals surface area contributed by atoms with Crippen molar-refractivity contribution in [2.24, 2.45) is 0 Å². The van der Waals surface area contributed by atoms with Crippen molar-refractivity contribution in [3.8, 4) is 0 Å². The smallest absolute Gasteiger partial charge is 0.326 e. The molecular weight excluding hydrogens is 296 g/mol. The number of hydrogen-bond acceptors (Lipinski definition) is 4. The van der Waals surface area contributed by atoms with E-state index in [0.717, 1.165) is 4.88 Å². The molecule has 3 N–H and O–H groups in total. The van der Waals surface area contributed by atoms with E-state index in [1.54, 1.807) is 6.92 Å². The van der Waals surface area contributed by atoms with Gasteiger partial charge in [0.2, 0.25) is 0 Å². The van der Waals surface area contributed by atoms with Gasteiger partial charge in [0.1, 0.15) is 6.04 Å². The fraction of sp³-hybridized carbons (Fsp3) is 0.462. The molecule has 1 aromatic rings. The number of carboxylic acids is 2. The molecule has 21 heavy (non-hydrogen) atoms. The molecular formula is C13H18N2O5S. The standard InChI is InChI=1S/C13H18N2O5S/c1-2-15(8-9-4-3-7-21-9)13(20)14-10(12(18)19)5-6-11(16)17/h3-4,7,10H,2,5-6,8H2,1H3,(H,14,20)(H,16,17)(H,18,19)/t10-/m0/s1. The highest BCUT2D eigenvalue weighted by molar-refractivity contribution is 7.09. The van der Waals surface area contributed by atoms with Crippen LogP contribution in [0.4, 0.5) is 4.79 Å². The molecule has 0 aliphatic heterocycles. The van der Waals surface area contributed by atoms with Crippen LogP contribution in [0.3, 0.4) is 0 Å². The maximum absolute atomic E-state index is 12.1. The van der Waals surface area contributed by atoms with E-state index < -0.39 is 24.0 Å². The maximum Gasteiger partial charge on any atom is 0.326 e. The molecule has 1 rings (SSSR count). The molecule has 1 atom stereocenters. The van der Waals surface area contributed by atoms with Gasteiger partial charge in [-0.15, -0.1) is 11.3 Å². The van der Waals surface area contributed by atoms with Crippen LogP contribution in [-0.2, 0) is 16.1 Å². The lowest BCUT2D eigenvalue weighted by Gasteiger charge is -2.23. The average Bonchev–Trinajstić information content (AvgIpc) is 2.92. The number of amides is 2. The Kier molecular flexibility index (Phi) is 6.67. The SMILES string of the molecule is CCN(Cc1cccs1)C(=O)N[C@@H](CCC(=O)O)C(=O)O. The molecule has 0 unspecified atom stereocenters. The minimum atomic E-state index is -1.24. The van der Waals surface area contributed by atoms with Gasteiger partial charge in [-0.3, -0.25) is 4.79 Å². The van der Waals surface area contributed by atoms with Gasteiger partial charge in [0.05, 0.1) is 6.54 Å². The van der Waals surface area contributed by atoms with Gasteiger partial charge >= 0.3 is 18.0 Å². The van der Waals surface area contributed by atoms with Crippen LogP contribution in [0.1, 0.15) is 24.6 Å². The van der Waals surface area contributed by atoms with Crippen molar-refractivity contribution in [2.45, 2.75) is 32.4 Å². The number of nitrogens with one attached hydrogen (secondary N) is 1. The van der Waals surface area contributed by atoms with Crippen molar-refractivity contribution in [3.05, 3.63) is 22.4 Å². The first-order valence-corrected chi connectivity index (χ1v) is 7.34. The summed E-state index contributed by atoms with van der Waals surface area (Å²) in [6.45, 7) is 2.61. The molecule has 116 valence electrons. The summed E-state index contributed by atoms with van der Waals surface area (Å²) in [4.78, 5) is 36.1. The summed E-state index contributed by atoms with van der Waals surface area (Å²) >= 11 is 1.51. The molecule has 2 amide bonds. The highest BCUT2D eigenvalue weighted by Crippen LogP contribution is 2.12. The zero-order valence-electron chi connectivity index (χ0n) is 11.6. The molecule has 0 aliphatic carbocycles. The monoisotopic (exact) mass is 314 g/mol. The van der Waals surface area contributed by atoms with Gasteiger partial charge in [-0.1, -0.05) is 6.07 Å². The van der Waals surface area contributed by atoms with Crippen LogP contribution in [0, 0.1) is 0 Å². The highest BCUT2D eigenvalue weighted by Gasteiger charge is 2.23. The lowest BCUT2D eigenvalue weighted by molar-refractivity contribution is -0.140. The molecule has 0 saturated heterocycles. The van der Waals surface area contributed by atoms with E-state index in [0.29, 0.717) is 13.1 Å². The van der Waals surface area contributed by atoms with E-state index in [1.165, 1.54) is 16.2 Å². The number of hydrogen-bond donors (Lipinski definition) is 3. The van der Waals surface area contributed by atoms with Crippen molar-refractivity contribution >= 4 is 29.3 Å². The third-order valence-corrected chi connectivity index (χ3v) is 3.70. The molecule has 0 bridgehead atoms. The molecule has 1 heterocycles. The normalized spacial score (nSPS) is 11.7. The highest BCUT2D eigenvalue weighted by atomic mass is 32.1. The number of nitrogens with zero attached hydrogens (tertiary/aromatic N) is 1. The molecule has 1 aromatic heterocycles. The van der Waals surface area contributed by atoms with Crippen LogP contribution < -0.4 is 5.32 Å². The lowest BCUT2D eigenvalue weighted by Crippen LogP contribution is -2.47. The van der Waals surface area contributed by atoms with Gasteiger partial charge in [-0.2, -0.15) is 0 Å². The largest absolute Gasteiger partial charge is 0.481 e. The zero-order valence-corrected chi connectivity index (χ0v) is 12.4. The predicted octanol–water partition coefficient (Wildman–Crippen LogP) is 1.60. The molecule has 0 aliphatic rings. The molecule has 0 fully saturated rings. The second kappa shape index (κ2) is 8.25. The van der Waals surface area contributed by atoms with Crippen LogP contribution in [0.25, 0.3) is 0 Å². The van der Waals surface area contributed by atoms with Crippen molar-refractivity contribution in [3.63, 3.8) is 0 Å². The number of thiophene rings is 1. The number of urea groups is 1. The van der Waals surface area contributed by atoms with Crippen molar-refractivity contribution < 1.29 is 24.6 Å². The lowest BCUT2D eigenvalue weighted by atomic mass is 10.1. The molecule has 0 radical (unpaired) electrons. The van der Waals surface area contributed by atoms with Crippen LogP contribution in [0.5, 0.6) is 0 Å². The second-order valence-corrected chi connectivity index (χ2v) is 5.40. The zero-order chi connectivity index (χ0) is 15.8. The van der Waals surface area contributed by atoms with Crippen LogP contribution >= 0.6 is 11.3 Å². The van der Waals surface area contributed by atoms with E-state index in [1.807, 2.05) is 17.5 Å². The molecule has 7 nitrogen and oxygen atoms in total. The summed E-state index contributed by atoms with van der Waals surface area (Å²) in [5.41, 5.74) is 0. The second-order valence-electron chi connectivity index (χ2n) is 4.37. The minimum Gasteiger partial charge on any atom is -0.481 e. The van der Waals surface area contributed by atoms with E-state index >= 15 is 0 Å². The van der Waals surface area contributed by atoms with Gasteiger partial charge in [0, 0.05) is 17.8 Å². The van der Waals surface area contributed by atoms with Crippen molar-refractivity contribution in [1.29, 1.82) is 0 Å². The van der Waals surface area contributed by atoms with E-state index in [9.17, 15) is 14.4 Å². The number of carboxylic acid groups (broad SMARTS) is 2. The average molecular weight is 314 g/mol. The Morgan fingerprint density at radius 1 is 1.38 bits per heavy atom. The topological polar surface area (TPSA) is 107 Å². The van der Waals surface area contributed by atoms with E-state index in [2.05, 4.69) is 5.32 Å². The fourth-order valence-electron chi connectivity index (χ4n) is 1.68. The van der Waals surface area contributed by atoms with Gasteiger partial charge in [0.15, 0.2) is 0 Å². The third kappa shape index (κ3) is 5.82. The predicted molar refractivity (Wildman–Crippen MR) is 77.2 cm³/mol. The number of carbonyl (C=O) groups is 3. The Balaban J connectivity index is 2.61. The number of aliphatic carboxylic acids is 2. The quantitative estimate of drug-likeness (QED) is 0.675. The van der Waals surface area contributed by atoms with E-state index in [4.69, 9.17) is 10.2 Å². The number of rotatable bonds is 8. The summed E-state index contributed by atoms with van der Waals surface area (Å²) < 4.78 is 0. The molecule has 8 heteroatoms. The van der Waals surface area contributed by atoms with Gasteiger partial charge in [0.25, 0.3) is 0 Å². The summed E-state index contributed by atoms with van der Waals surface area (Å²) in [6.07, 6.45) is -0.457. The molecule has 0 aromatic carbocycles. The molecule has 0 spiro atoms. The third-order valence-electron chi connectivity index (χ3n) is 2.84. The van der Waals surface area contributed by atoms with Crippen LogP contribution in [0.2, 0.25) is 0 Å². The van der Waals surface area contributed by atoms with Gasteiger partial charge < -0.3 is 20.4 Å². The molecule has 0 saturated carbocycles. The Bertz CT molecular complexity index is 489.